The predicted octanol–water partition coefficient (Wildman–Crippen LogP) is 4.99. The van der Waals surface area contributed by atoms with E-state index >= 15 is 0 Å². The largest absolute Gasteiger partial charge is 0.493 e. The summed E-state index contributed by atoms with van der Waals surface area (Å²) >= 11 is 11.2. The first-order valence-corrected chi connectivity index (χ1v) is 11.2. The number of halogens is 2. The maximum absolute atomic E-state index is 11.4. The summed E-state index contributed by atoms with van der Waals surface area (Å²) in [5.74, 6) is 1.10. The Bertz CT molecular complexity index is 806. The van der Waals surface area contributed by atoms with E-state index in [0.29, 0.717) is 36.1 Å². The average molecular weight is 489 g/mol. The van der Waals surface area contributed by atoms with Gasteiger partial charge in [-0.1, -0.05) is 23.7 Å². The minimum absolute atomic E-state index is 0.350. The lowest BCUT2D eigenvalue weighted by atomic mass is 10.1. The molecule has 0 radical (unpaired) electrons. The van der Waals surface area contributed by atoms with Gasteiger partial charge >= 0.3 is 5.97 Å². The summed E-state index contributed by atoms with van der Waals surface area (Å²) in [5.41, 5.74) is 1.85. The van der Waals surface area contributed by atoms with Gasteiger partial charge in [-0.3, -0.25) is 4.79 Å². The molecule has 0 saturated heterocycles. The molecule has 28 heavy (non-hydrogen) atoms. The van der Waals surface area contributed by atoms with Gasteiger partial charge in [-0.2, -0.15) is 11.8 Å². The number of benzene rings is 2. The summed E-state index contributed by atoms with van der Waals surface area (Å²) in [6.45, 7) is 0.762. The van der Waals surface area contributed by atoms with Gasteiger partial charge in [-0.15, -0.1) is 0 Å². The lowest BCUT2D eigenvalue weighted by Gasteiger charge is -2.17. The molecule has 0 aliphatic carbocycles. The van der Waals surface area contributed by atoms with Gasteiger partial charge < -0.3 is 19.9 Å². The highest BCUT2D eigenvalue weighted by molar-refractivity contribution is 9.10. The smallest absolute Gasteiger partial charge is 0.320 e. The van der Waals surface area contributed by atoms with E-state index in [2.05, 4.69) is 21.2 Å². The molecule has 0 bridgehead atoms. The van der Waals surface area contributed by atoms with Gasteiger partial charge in [0.2, 0.25) is 0 Å². The van der Waals surface area contributed by atoms with Crippen LogP contribution in [0, 0.1) is 0 Å². The lowest BCUT2D eigenvalue weighted by molar-refractivity contribution is -0.139. The SMILES string of the molecule is COc1cc(CNC(CCSC)C(=O)O)cc(Br)c1OCc1cccc(Cl)c1. The lowest BCUT2D eigenvalue weighted by Crippen LogP contribution is -2.36. The molecule has 1 unspecified atom stereocenters. The van der Waals surface area contributed by atoms with Crippen molar-refractivity contribution in [3.8, 4) is 11.5 Å². The molecule has 2 N–H and O–H groups in total. The molecule has 0 aromatic heterocycles. The summed E-state index contributed by atoms with van der Waals surface area (Å²) < 4.78 is 12.1. The molecule has 0 aliphatic heterocycles. The molecule has 0 fully saturated rings. The van der Waals surface area contributed by atoms with Gasteiger partial charge in [0.1, 0.15) is 12.6 Å². The number of rotatable bonds is 11. The van der Waals surface area contributed by atoms with Crippen molar-refractivity contribution in [1.29, 1.82) is 0 Å². The maximum Gasteiger partial charge on any atom is 0.320 e. The average Bonchev–Trinajstić information content (AvgIpc) is 2.66. The minimum atomic E-state index is -0.846. The van der Waals surface area contributed by atoms with Crippen LogP contribution in [0.4, 0.5) is 0 Å². The van der Waals surface area contributed by atoms with Crippen molar-refractivity contribution in [2.75, 3.05) is 19.1 Å². The number of aliphatic carboxylic acids is 1. The van der Waals surface area contributed by atoms with E-state index in [1.54, 1.807) is 18.9 Å². The second-order valence-electron chi connectivity index (χ2n) is 6.08. The Hall–Kier alpha value is -1.41. The van der Waals surface area contributed by atoms with Gasteiger partial charge in [-0.05, 0) is 69.8 Å². The van der Waals surface area contributed by atoms with Crippen molar-refractivity contribution in [2.24, 2.45) is 0 Å². The predicted molar refractivity (Wildman–Crippen MR) is 118 cm³/mol. The molecule has 2 aromatic rings. The number of carboxylic acids is 1. The zero-order valence-electron chi connectivity index (χ0n) is 15.7. The molecule has 152 valence electrons. The Labute approximate surface area is 182 Å². The molecule has 1 atom stereocenters. The Morgan fingerprint density at radius 3 is 2.75 bits per heavy atom. The number of carboxylic acid groups (broad SMARTS) is 1. The van der Waals surface area contributed by atoms with Crippen LogP contribution in [0.15, 0.2) is 40.9 Å². The minimum Gasteiger partial charge on any atom is -0.493 e. The molecular weight excluding hydrogens is 466 g/mol. The standard InChI is InChI=1S/C20H23BrClNO4S/c1-26-18-10-14(11-23-17(20(24)25)6-7-28-2)9-16(21)19(18)27-12-13-4-3-5-15(22)8-13/h3-5,8-10,17,23H,6-7,11-12H2,1-2H3,(H,24,25). The van der Waals surface area contributed by atoms with Gasteiger partial charge in [0.05, 0.1) is 11.6 Å². The van der Waals surface area contributed by atoms with Crippen molar-refractivity contribution in [3.63, 3.8) is 0 Å². The van der Waals surface area contributed by atoms with Crippen LogP contribution < -0.4 is 14.8 Å². The first kappa shape index (κ1) is 22.9. The summed E-state index contributed by atoms with van der Waals surface area (Å²) in [7, 11) is 1.57. The first-order chi connectivity index (χ1) is 13.4. The van der Waals surface area contributed by atoms with Crippen LogP contribution in [-0.4, -0.2) is 36.2 Å². The number of carbonyl (C=O) groups is 1. The van der Waals surface area contributed by atoms with Crippen molar-refractivity contribution in [2.45, 2.75) is 25.6 Å². The van der Waals surface area contributed by atoms with Crippen LogP contribution in [0.5, 0.6) is 11.5 Å². The Morgan fingerprint density at radius 1 is 1.32 bits per heavy atom. The highest BCUT2D eigenvalue weighted by Gasteiger charge is 2.17. The van der Waals surface area contributed by atoms with Crippen molar-refractivity contribution in [3.05, 3.63) is 57.0 Å². The van der Waals surface area contributed by atoms with E-state index in [1.807, 2.05) is 42.7 Å². The van der Waals surface area contributed by atoms with Crippen LogP contribution in [0.1, 0.15) is 17.5 Å². The van der Waals surface area contributed by atoms with Crippen molar-refractivity contribution < 1.29 is 19.4 Å². The topological polar surface area (TPSA) is 67.8 Å². The van der Waals surface area contributed by atoms with E-state index < -0.39 is 12.0 Å². The Morgan fingerprint density at radius 2 is 2.11 bits per heavy atom. The normalized spacial score (nSPS) is 11.9. The van der Waals surface area contributed by atoms with E-state index in [9.17, 15) is 9.90 Å². The highest BCUT2D eigenvalue weighted by Crippen LogP contribution is 2.37. The quantitative estimate of drug-likeness (QED) is 0.465. The van der Waals surface area contributed by atoms with E-state index in [0.717, 1.165) is 21.4 Å². The fourth-order valence-corrected chi connectivity index (χ4v) is 3.88. The monoisotopic (exact) mass is 487 g/mol. The summed E-state index contributed by atoms with van der Waals surface area (Å²) in [4.78, 5) is 11.4. The zero-order valence-corrected chi connectivity index (χ0v) is 18.9. The molecule has 8 heteroatoms. The van der Waals surface area contributed by atoms with Gasteiger partial charge in [0.25, 0.3) is 0 Å². The fourth-order valence-electron chi connectivity index (χ4n) is 2.59. The van der Waals surface area contributed by atoms with Crippen LogP contribution in [0.3, 0.4) is 0 Å². The summed E-state index contributed by atoms with van der Waals surface area (Å²) in [5, 5.41) is 13.1. The van der Waals surface area contributed by atoms with Crippen LogP contribution >= 0.6 is 39.3 Å². The molecule has 2 aromatic carbocycles. The molecule has 0 heterocycles. The second-order valence-corrected chi connectivity index (χ2v) is 8.36. The maximum atomic E-state index is 11.4. The van der Waals surface area contributed by atoms with E-state index in [-0.39, 0.29) is 0 Å². The molecule has 5 nitrogen and oxygen atoms in total. The fraction of sp³-hybridized carbons (Fsp3) is 0.350. The van der Waals surface area contributed by atoms with Gasteiger partial charge in [0, 0.05) is 11.6 Å². The third kappa shape index (κ3) is 6.88. The Balaban J connectivity index is 2.08. The first-order valence-electron chi connectivity index (χ1n) is 8.63. The van der Waals surface area contributed by atoms with Crippen molar-refractivity contribution >= 4 is 45.3 Å². The van der Waals surface area contributed by atoms with E-state index in [1.165, 1.54) is 0 Å². The molecule has 0 aliphatic rings. The number of hydrogen-bond donors (Lipinski definition) is 2. The molecule has 0 amide bonds. The molecule has 0 saturated carbocycles. The molecule has 2 rings (SSSR count). The number of nitrogens with one attached hydrogen (secondary N) is 1. The van der Waals surface area contributed by atoms with E-state index in [4.69, 9.17) is 21.1 Å². The molecule has 0 spiro atoms. The van der Waals surface area contributed by atoms with Crippen LogP contribution in [0.25, 0.3) is 0 Å². The van der Waals surface area contributed by atoms with Crippen LogP contribution in [0.2, 0.25) is 5.02 Å². The van der Waals surface area contributed by atoms with Crippen molar-refractivity contribution in [1.82, 2.24) is 5.32 Å². The third-order valence-electron chi connectivity index (χ3n) is 4.02. The zero-order chi connectivity index (χ0) is 20.5. The number of thioether (sulfide) groups is 1. The van der Waals surface area contributed by atoms with Gasteiger partial charge in [0.15, 0.2) is 11.5 Å². The summed E-state index contributed by atoms with van der Waals surface area (Å²) in [6.07, 6.45) is 2.53. The number of ether oxygens (including phenoxy) is 2. The number of hydrogen-bond acceptors (Lipinski definition) is 5. The van der Waals surface area contributed by atoms with Gasteiger partial charge in [-0.25, -0.2) is 0 Å². The molecular formula is C20H23BrClNO4S. The Kier molecular flexibility index (Phi) is 9.44. The summed E-state index contributed by atoms with van der Waals surface area (Å²) in [6, 6.07) is 10.6. The van der Waals surface area contributed by atoms with Crippen LogP contribution in [-0.2, 0) is 17.9 Å². The third-order valence-corrected chi connectivity index (χ3v) is 5.49. The second kappa shape index (κ2) is 11.6. The number of methoxy groups -OCH3 is 1. The highest BCUT2D eigenvalue weighted by atomic mass is 79.9.